The molecule has 2 aromatic heterocycles. The van der Waals surface area contributed by atoms with Crippen LogP contribution in [-0.4, -0.2) is 50.0 Å². The Morgan fingerprint density at radius 2 is 2.09 bits per heavy atom. The van der Waals surface area contributed by atoms with Crippen molar-refractivity contribution in [2.24, 2.45) is 12.5 Å². The van der Waals surface area contributed by atoms with Crippen LogP contribution >= 0.6 is 11.8 Å². The monoisotopic (exact) mass is 495 g/mol. The van der Waals surface area contributed by atoms with E-state index in [2.05, 4.69) is 20.1 Å². The van der Waals surface area contributed by atoms with Crippen molar-refractivity contribution in [3.05, 3.63) is 47.2 Å². The molecule has 2 atom stereocenters. The molecule has 0 bridgehead atoms. The molecule has 1 aliphatic carbocycles. The summed E-state index contributed by atoms with van der Waals surface area (Å²) in [7, 11) is 1.89. The minimum atomic E-state index is -4.54. The van der Waals surface area contributed by atoms with E-state index in [1.807, 2.05) is 18.5 Å². The van der Waals surface area contributed by atoms with Crippen LogP contribution in [0.5, 0.6) is 0 Å². The lowest BCUT2D eigenvalue weighted by molar-refractivity contribution is -0.138. The minimum Gasteiger partial charge on any atom is -0.440 e. The Morgan fingerprint density at radius 1 is 1.26 bits per heavy atom. The summed E-state index contributed by atoms with van der Waals surface area (Å²) < 4.78 is 61.1. The van der Waals surface area contributed by atoms with Crippen molar-refractivity contribution in [2.75, 3.05) is 25.4 Å². The van der Waals surface area contributed by atoms with E-state index in [-0.39, 0.29) is 16.9 Å². The van der Waals surface area contributed by atoms with Crippen molar-refractivity contribution >= 4 is 11.8 Å². The van der Waals surface area contributed by atoms with Crippen LogP contribution in [0.3, 0.4) is 0 Å². The van der Waals surface area contributed by atoms with Crippen LogP contribution in [0.1, 0.15) is 42.0 Å². The summed E-state index contributed by atoms with van der Waals surface area (Å²) in [5.74, 6) is 1.10. The van der Waals surface area contributed by atoms with Gasteiger partial charge in [0.1, 0.15) is 5.82 Å². The van der Waals surface area contributed by atoms with Crippen LogP contribution in [0, 0.1) is 18.2 Å². The lowest BCUT2D eigenvalue weighted by Crippen LogP contribution is -2.23. The quantitative estimate of drug-likeness (QED) is 0.252. The first-order valence-electron chi connectivity index (χ1n) is 11.2. The second-order valence-electron chi connectivity index (χ2n) is 9.21. The molecule has 182 valence electrons. The number of hydrogen-bond donors (Lipinski definition) is 0. The van der Waals surface area contributed by atoms with Gasteiger partial charge in [0.15, 0.2) is 17.3 Å². The second-order valence-corrected chi connectivity index (χ2v) is 10.3. The van der Waals surface area contributed by atoms with Gasteiger partial charge in [0.05, 0.1) is 11.3 Å². The fourth-order valence-electron chi connectivity index (χ4n) is 5.10. The number of rotatable bonds is 7. The number of benzene rings is 1. The van der Waals surface area contributed by atoms with Crippen molar-refractivity contribution in [3.8, 4) is 11.6 Å². The normalized spacial score (nSPS) is 22.7. The molecular formula is C23H25F4N5OS. The molecule has 1 saturated heterocycles. The number of thioether (sulfide) groups is 1. The van der Waals surface area contributed by atoms with Crippen molar-refractivity contribution in [3.63, 3.8) is 0 Å². The van der Waals surface area contributed by atoms with E-state index in [0.717, 1.165) is 61.6 Å². The molecule has 3 heterocycles. The predicted molar refractivity (Wildman–Crippen MR) is 119 cm³/mol. The average molecular weight is 496 g/mol. The first kappa shape index (κ1) is 23.3. The van der Waals surface area contributed by atoms with Crippen LogP contribution in [-0.2, 0) is 13.2 Å². The molecule has 1 aromatic carbocycles. The van der Waals surface area contributed by atoms with Crippen molar-refractivity contribution in [2.45, 2.75) is 43.4 Å². The summed E-state index contributed by atoms with van der Waals surface area (Å²) in [6.07, 6.45) is -0.611. The summed E-state index contributed by atoms with van der Waals surface area (Å²) in [5.41, 5.74) is 0.0638. The molecule has 6 nitrogen and oxygen atoms in total. The van der Waals surface area contributed by atoms with Gasteiger partial charge >= 0.3 is 6.18 Å². The maximum absolute atomic E-state index is 13.5. The van der Waals surface area contributed by atoms with Gasteiger partial charge in [-0.2, -0.15) is 13.2 Å². The Labute approximate surface area is 198 Å². The molecule has 1 saturated carbocycles. The molecule has 34 heavy (non-hydrogen) atoms. The molecule has 0 N–H and O–H groups in total. The zero-order valence-corrected chi connectivity index (χ0v) is 19.7. The molecule has 3 aromatic rings. The lowest BCUT2D eigenvalue weighted by Gasteiger charge is -2.17. The zero-order valence-electron chi connectivity index (χ0n) is 18.9. The number of alkyl halides is 3. The Kier molecular flexibility index (Phi) is 5.96. The topological polar surface area (TPSA) is 60.0 Å². The molecule has 1 spiro atoms. The fourth-order valence-corrected chi connectivity index (χ4v) is 5.93. The Morgan fingerprint density at radius 3 is 2.82 bits per heavy atom. The number of aromatic nitrogens is 4. The predicted octanol–water partition coefficient (Wildman–Crippen LogP) is 5.30. The van der Waals surface area contributed by atoms with Gasteiger partial charge in [0, 0.05) is 19.3 Å². The van der Waals surface area contributed by atoms with E-state index in [1.165, 1.54) is 12.5 Å². The van der Waals surface area contributed by atoms with Crippen molar-refractivity contribution in [1.29, 1.82) is 0 Å². The third-order valence-corrected chi connectivity index (χ3v) is 8.09. The van der Waals surface area contributed by atoms with Gasteiger partial charge in [-0.1, -0.05) is 17.8 Å². The first-order valence-corrected chi connectivity index (χ1v) is 12.2. The van der Waals surface area contributed by atoms with Gasteiger partial charge in [0.25, 0.3) is 0 Å². The third-order valence-electron chi connectivity index (χ3n) is 6.98. The van der Waals surface area contributed by atoms with Gasteiger partial charge in [-0.15, -0.1) is 10.2 Å². The number of oxazole rings is 1. The summed E-state index contributed by atoms with van der Waals surface area (Å²) in [6, 6.07) is 3.10. The standard InChI is InChI=1S/C23H25F4N5OS/c1-14-19(33-13-28-14)20-29-30-21(31(20)2)34-9-3-7-32-8-6-22(12-32)11-18(22)16-5-4-15(24)10-17(16)23(25,26)27/h4-5,10,13,18H,3,6-9,11-12H2,1-2H3/t18-,22-/m1/s1. The fraction of sp³-hybridized carbons (Fsp3) is 0.522. The molecule has 0 amide bonds. The minimum absolute atomic E-state index is 0.113. The molecule has 0 unspecified atom stereocenters. The number of hydrogen-bond acceptors (Lipinski definition) is 6. The number of nitrogens with zero attached hydrogens (tertiary/aromatic N) is 5. The number of aryl methyl sites for hydroxylation is 1. The van der Waals surface area contributed by atoms with Crippen LogP contribution in [0.25, 0.3) is 11.6 Å². The second kappa shape index (κ2) is 8.67. The van der Waals surface area contributed by atoms with Gasteiger partial charge in [-0.05, 0) is 68.3 Å². The largest absolute Gasteiger partial charge is 0.440 e. The Bertz CT molecular complexity index is 1190. The average Bonchev–Trinajstić information content (AvgIpc) is 3.07. The van der Waals surface area contributed by atoms with E-state index in [4.69, 9.17) is 4.42 Å². The molecule has 1 aliphatic heterocycles. The van der Waals surface area contributed by atoms with Crippen LogP contribution < -0.4 is 0 Å². The van der Waals surface area contributed by atoms with Gasteiger partial charge in [-0.25, -0.2) is 9.37 Å². The van der Waals surface area contributed by atoms with Crippen molar-refractivity contribution < 1.29 is 22.0 Å². The van der Waals surface area contributed by atoms with Crippen LogP contribution in [0.15, 0.2) is 34.2 Å². The van der Waals surface area contributed by atoms with Crippen molar-refractivity contribution in [1.82, 2.24) is 24.6 Å². The molecule has 0 radical (unpaired) electrons. The maximum Gasteiger partial charge on any atom is 0.416 e. The molecule has 11 heteroatoms. The van der Waals surface area contributed by atoms with Crippen LogP contribution in [0.2, 0.25) is 0 Å². The lowest BCUT2D eigenvalue weighted by atomic mass is 9.94. The molecule has 2 aliphatic rings. The van der Waals surface area contributed by atoms with E-state index in [1.54, 1.807) is 11.8 Å². The van der Waals surface area contributed by atoms with Gasteiger partial charge < -0.3 is 13.9 Å². The highest BCUT2D eigenvalue weighted by atomic mass is 32.2. The molecule has 2 fully saturated rings. The third kappa shape index (κ3) is 4.35. The number of halogens is 4. The van der Waals surface area contributed by atoms with E-state index in [0.29, 0.717) is 17.7 Å². The number of likely N-dealkylation sites (tertiary alicyclic amines) is 1. The summed E-state index contributed by atoms with van der Waals surface area (Å²) in [5, 5.41) is 9.26. The zero-order chi connectivity index (χ0) is 24.1. The molecular weight excluding hydrogens is 470 g/mol. The van der Waals surface area contributed by atoms with E-state index < -0.39 is 17.6 Å². The summed E-state index contributed by atoms with van der Waals surface area (Å²) >= 11 is 1.61. The van der Waals surface area contributed by atoms with E-state index >= 15 is 0 Å². The Balaban J connectivity index is 1.14. The molecule has 5 rings (SSSR count). The highest BCUT2D eigenvalue weighted by Gasteiger charge is 2.59. The maximum atomic E-state index is 13.5. The smallest absolute Gasteiger partial charge is 0.416 e. The summed E-state index contributed by atoms with van der Waals surface area (Å²) in [4.78, 5) is 6.42. The van der Waals surface area contributed by atoms with Gasteiger partial charge in [-0.3, -0.25) is 0 Å². The van der Waals surface area contributed by atoms with Crippen LogP contribution in [0.4, 0.5) is 17.6 Å². The first-order chi connectivity index (χ1) is 16.2. The van der Waals surface area contributed by atoms with Gasteiger partial charge in [0.2, 0.25) is 5.82 Å². The summed E-state index contributed by atoms with van der Waals surface area (Å²) in [6.45, 7) is 4.40. The highest BCUT2D eigenvalue weighted by molar-refractivity contribution is 7.99. The van der Waals surface area contributed by atoms with E-state index in [9.17, 15) is 17.6 Å². The Hall–Kier alpha value is -2.40. The highest BCUT2D eigenvalue weighted by Crippen LogP contribution is 2.65. The SMILES string of the molecule is Cc1ncoc1-c1nnc(SCCCN2CC[C@@]3(C[C@@H]3c3ccc(F)cc3C(F)(F)F)C2)n1C.